The van der Waals surface area contributed by atoms with E-state index in [-0.39, 0.29) is 29.3 Å². The molecule has 0 spiro atoms. The first kappa shape index (κ1) is 20.2. The van der Waals surface area contributed by atoms with Gasteiger partial charge in [0, 0.05) is 6.42 Å². The summed E-state index contributed by atoms with van der Waals surface area (Å²) >= 11 is 0. The molecule has 3 N–H and O–H groups in total. The standard InChI is InChI=1S/C26H21NO4/c28-22-11-9-19-14-17(6-8-20(19)15-22)7-13-25(29)27-24-12-10-21(16-23(24)26(30)31)18-4-2-1-3-5-18/h1-6,8-12,14-16,28H,7,13H2,(H,27,29)(H,30,31). The number of aryl methyl sites for hydroxylation is 1. The molecule has 1 amide bonds. The maximum atomic E-state index is 12.5. The van der Waals surface area contributed by atoms with Crippen molar-refractivity contribution in [3.63, 3.8) is 0 Å². The van der Waals surface area contributed by atoms with Gasteiger partial charge in [0.05, 0.1) is 11.3 Å². The zero-order valence-corrected chi connectivity index (χ0v) is 16.7. The average molecular weight is 411 g/mol. The lowest BCUT2D eigenvalue weighted by molar-refractivity contribution is -0.116. The van der Waals surface area contributed by atoms with Crippen LogP contribution in [-0.2, 0) is 11.2 Å². The minimum atomic E-state index is -1.09. The second-order valence-corrected chi connectivity index (χ2v) is 7.35. The molecular formula is C26H21NO4. The van der Waals surface area contributed by atoms with Crippen LogP contribution in [0.4, 0.5) is 5.69 Å². The Kier molecular flexibility index (Phi) is 5.67. The summed E-state index contributed by atoms with van der Waals surface area (Å²) in [6.45, 7) is 0. The van der Waals surface area contributed by atoms with Crippen LogP contribution in [0.5, 0.6) is 5.75 Å². The Hall–Kier alpha value is -4.12. The summed E-state index contributed by atoms with van der Waals surface area (Å²) in [4.78, 5) is 24.2. The van der Waals surface area contributed by atoms with Gasteiger partial charge in [-0.1, -0.05) is 60.7 Å². The van der Waals surface area contributed by atoms with Crippen molar-refractivity contribution in [2.24, 2.45) is 0 Å². The van der Waals surface area contributed by atoms with Crippen LogP contribution >= 0.6 is 0 Å². The Balaban J connectivity index is 1.46. The number of carbonyl (C=O) groups is 2. The topological polar surface area (TPSA) is 86.6 Å². The van der Waals surface area contributed by atoms with Crippen molar-refractivity contribution in [3.8, 4) is 16.9 Å². The second-order valence-electron chi connectivity index (χ2n) is 7.35. The number of rotatable bonds is 6. The third-order valence-corrected chi connectivity index (χ3v) is 5.16. The van der Waals surface area contributed by atoms with Crippen molar-refractivity contribution in [2.75, 3.05) is 5.32 Å². The summed E-state index contributed by atoms with van der Waals surface area (Å²) in [5.74, 6) is -1.13. The second kappa shape index (κ2) is 8.71. The van der Waals surface area contributed by atoms with E-state index in [1.807, 2.05) is 54.6 Å². The van der Waals surface area contributed by atoms with Crippen LogP contribution in [0.3, 0.4) is 0 Å². The molecule has 0 heterocycles. The van der Waals surface area contributed by atoms with Gasteiger partial charge in [0.2, 0.25) is 5.91 Å². The monoisotopic (exact) mass is 411 g/mol. The SMILES string of the molecule is O=C(CCc1ccc2cc(O)ccc2c1)Nc1ccc(-c2ccccc2)cc1C(=O)O. The largest absolute Gasteiger partial charge is 0.508 e. The molecule has 4 aromatic carbocycles. The number of hydrogen-bond acceptors (Lipinski definition) is 3. The zero-order chi connectivity index (χ0) is 21.8. The van der Waals surface area contributed by atoms with E-state index in [1.165, 1.54) is 0 Å². The van der Waals surface area contributed by atoms with Crippen LogP contribution in [0.1, 0.15) is 22.3 Å². The summed E-state index contributed by atoms with van der Waals surface area (Å²) < 4.78 is 0. The lowest BCUT2D eigenvalue weighted by Crippen LogP contribution is -2.15. The first-order valence-corrected chi connectivity index (χ1v) is 9.94. The maximum absolute atomic E-state index is 12.5. The fraction of sp³-hybridized carbons (Fsp3) is 0.0769. The van der Waals surface area contributed by atoms with Gasteiger partial charge in [0.15, 0.2) is 0 Å². The van der Waals surface area contributed by atoms with E-state index in [0.29, 0.717) is 6.42 Å². The number of nitrogens with one attached hydrogen (secondary N) is 1. The molecule has 154 valence electrons. The smallest absolute Gasteiger partial charge is 0.337 e. The predicted octanol–water partition coefficient (Wildman–Crippen LogP) is 5.48. The molecule has 0 aliphatic heterocycles. The van der Waals surface area contributed by atoms with E-state index in [9.17, 15) is 19.8 Å². The molecule has 0 unspecified atom stereocenters. The number of anilines is 1. The highest BCUT2D eigenvalue weighted by Crippen LogP contribution is 2.26. The Morgan fingerprint density at radius 3 is 2.29 bits per heavy atom. The van der Waals surface area contributed by atoms with E-state index in [2.05, 4.69) is 5.32 Å². The molecular weight excluding hydrogens is 390 g/mol. The van der Waals surface area contributed by atoms with Gasteiger partial charge >= 0.3 is 5.97 Å². The Morgan fingerprint density at radius 2 is 1.52 bits per heavy atom. The molecule has 0 bridgehead atoms. The Labute approximate surface area is 179 Å². The minimum Gasteiger partial charge on any atom is -0.508 e. The fourth-order valence-electron chi connectivity index (χ4n) is 3.55. The molecule has 0 saturated heterocycles. The lowest BCUT2D eigenvalue weighted by atomic mass is 10.0. The number of fused-ring (bicyclic) bond motifs is 1. The maximum Gasteiger partial charge on any atom is 0.337 e. The quantitative estimate of drug-likeness (QED) is 0.392. The molecule has 5 nitrogen and oxygen atoms in total. The predicted molar refractivity (Wildman–Crippen MR) is 121 cm³/mol. The highest BCUT2D eigenvalue weighted by atomic mass is 16.4. The molecule has 4 rings (SSSR count). The zero-order valence-electron chi connectivity index (χ0n) is 16.7. The first-order chi connectivity index (χ1) is 15.0. The fourth-order valence-corrected chi connectivity index (χ4v) is 3.55. The molecule has 0 radical (unpaired) electrons. The van der Waals surface area contributed by atoms with Gasteiger partial charge in [-0.25, -0.2) is 4.79 Å². The molecule has 5 heteroatoms. The summed E-state index contributed by atoms with van der Waals surface area (Å²) in [5.41, 5.74) is 3.02. The van der Waals surface area contributed by atoms with Crippen molar-refractivity contribution < 1.29 is 19.8 Å². The number of carboxylic acids is 1. The van der Waals surface area contributed by atoms with E-state index >= 15 is 0 Å². The van der Waals surface area contributed by atoms with E-state index in [4.69, 9.17) is 0 Å². The van der Waals surface area contributed by atoms with E-state index in [0.717, 1.165) is 27.5 Å². The van der Waals surface area contributed by atoms with Gasteiger partial charge in [-0.2, -0.15) is 0 Å². The molecule has 0 saturated carbocycles. The number of amides is 1. The molecule has 0 atom stereocenters. The van der Waals surface area contributed by atoms with Crippen molar-refractivity contribution >= 4 is 28.3 Å². The number of phenols is 1. The number of benzene rings is 4. The number of hydrogen-bond donors (Lipinski definition) is 3. The first-order valence-electron chi connectivity index (χ1n) is 9.94. The lowest BCUT2D eigenvalue weighted by Gasteiger charge is -2.11. The summed E-state index contributed by atoms with van der Waals surface area (Å²) in [6.07, 6.45) is 0.746. The number of aromatic carboxylic acids is 1. The van der Waals surface area contributed by atoms with E-state index < -0.39 is 5.97 Å². The van der Waals surface area contributed by atoms with Crippen LogP contribution in [0.15, 0.2) is 84.9 Å². The molecule has 0 aliphatic carbocycles. The van der Waals surface area contributed by atoms with Crippen molar-refractivity contribution in [1.82, 2.24) is 0 Å². The number of phenolic OH excluding ortho intramolecular Hbond substituents is 1. The number of carbonyl (C=O) groups excluding carboxylic acids is 1. The third kappa shape index (κ3) is 4.73. The highest BCUT2D eigenvalue weighted by molar-refractivity contribution is 6.01. The molecule has 31 heavy (non-hydrogen) atoms. The van der Waals surface area contributed by atoms with Crippen LogP contribution < -0.4 is 5.32 Å². The van der Waals surface area contributed by atoms with Crippen LogP contribution in [-0.4, -0.2) is 22.1 Å². The number of carboxylic acid groups (broad SMARTS) is 1. The van der Waals surface area contributed by atoms with Crippen molar-refractivity contribution in [1.29, 1.82) is 0 Å². The molecule has 0 aliphatic rings. The van der Waals surface area contributed by atoms with Gasteiger partial charge in [-0.15, -0.1) is 0 Å². The van der Waals surface area contributed by atoms with Crippen molar-refractivity contribution in [2.45, 2.75) is 12.8 Å². The Morgan fingerprint density at radius 1 is 0.774 bits per heavy atom. The van der Waals surface area contributed by atoms with Gasteiger partial charge in [0.1, 0.15) is 5.75 Å². The molecule has 0 fully saturated rings. The van der Waals surface area contributed by atoms with Crippen LogP contribution in [0.2, 0.25) is 0 Å². The van der Waals surface area contributed by atoms with E-state index in [1.54, 1.807) is 30.3 Å². The summed E-state index contributed by atoms with van der Waals surface area (Å²) in [5, 5.41) is 23.8. The normalized spacial score (nSPS) is 10.7. The van der Waals surface area contributed by atoms with Gasteiger partial charge in [-0.05, 0) is 58.1 Å². The van der Waals surface area contributed by atoms with Crippen molar-refractivity contribution in [3.05, 3.63) is 96.1 Å². The molecule has 4 aromatic rings. The van der Waals surface area contributed by atoms with Gasteiger partial charge in [-0.3, -0.25) is 4.79 Å². The summed E-state index contributed by atoms with van der Waals surface area (Å²) in [7, 11) is 0. The Bertz CT molecular complexity index is 1270. The van der Waals surface area contributed by atoms with Gasteiger partial charge in [0.25, 0.3) is 0 Å². The number of aromatic hydroxyl groups is 1. The molecule has 0 aromatic heterocycles. The van der Waals surface area contributed by atoms with Gasteiger partial charge < -0.3 is 15.5 Å². The minimum absolute atomic E-state index is 0.0558. The average Bonchev–Trinajstić information content (AvgIpc) is 2.78. The summed E-state index contributed by atoms with van der Waals surface area (Å²) in [6, 6.07) is 25.5. The van der Waals surface area contributed by atoms with Crippen LogP contribution in [0.25, 0.3) is 21.9 Å². The highest BCUT2D eigenvalue weighted by Gasteiger charge is 2.14. The van der Waals surface area contributed by atoms with Crippen LogP contribution in [0, 0.1) is 0 Å². The third-order valence-electron chi connectivity index (χ3n) is 5.16.